The van der Waals surface area contributed by atoms with Crippen LogP contribution in [0, 0.1) is 0 Å². The highest BCUT2D eigenvalue weighted by molar-refractivity contribution is 7.91. The van der Waals surface area contributed by atoms with Gasteiger partial charge >= 0.3 is 5.97 Å². The van der Waals surface area contributed by atoms with Crippen LogP contribution in [0.3, 0.4) is 0 Å². The van der Waals surface area contributed by atoms with Crippen LogP contribution in [0.2, 0.25) is 0 Å². The van der Waals surface area contributed by atoms with Crippen LogP contribution in [0.1, 0.15) is 30.6 Å². The molecule has 0 aliphatic carbocycles. The number of Topliss-reactive ketones (excluding diaryl/α,β-unsaturated/α-hetero) is 1. The van der Waals surface area contributed by atoms with E-state index in [-0.39, 0.29) is 16.6 Å². The van der Waals surface area contributed by atoms with Gasteiger partial charge in [-0.25, -0.2) is 8.42 Å². The molecule has 0 fully saturated rings. The second-order valence-corrected chi connectivity index (χ2v) is 8.73. The third-order valence-electron chi connectivity index (χ3n) is 4.03. The molecular formula is C21H22N2O7S. The fourth-order valence-corrected chi connectivity index (χ4v) is 3.74. The van der Waals surface area contributed by atoms with Crippen LogP contribution >= 0.6 is 0 Å². The molecule has 0 bridgehead atoms. The summed E-state index contributed by atoms with van der Waals surface area (Å²) < 4.78 is 29.5. The molecule has 10 heteroatoms. The van der Waals surface area contributed by atoms with E-state index in [1.807, 2.05) is 0 Å². The first-order valence-corrected chi connectivity index (χ1v) is 10.9. The van der Waals surface area contributed by atoms with E-state index in [4.69, 9.17) is 4.74 Å². The van der Waals surface area contributed by atoms with E-state index < -0.39 is 40.5 Å². The van der Waals surface area contributed by atoms with E-state index in [0.29, 0.717) is 16.9 Å². The molecule has 164 valence electrons. The van der Waals surface area contributed by atoms with Crippen molar-refractivity contribution in [3.8, 4) is 0 Å². The minimum Gasteiger partial charge on any atom is -0.456 e. The third kappa shape index (κ3) is 7.67. The molecule has 0 heterocycles. The first-order valence-electron chi connectivity index (χ1n) is 9.24. The van der Waals surface area contributed by atoms with E-state index in [2.05, 4.69) is 10.6 Å². The second kappa shape index (κ2) is 10.5. The summed E-state index contributed by atoms with van der Waals surface area (Å²) in [4.78, 5) is 46.1. The molecule has 0 aliphatic rings. The van der Waals surface area contributed by atoms with Crippen molar-refractivity contribution in [1.82, 2.24) is 0 Å². The van der Waals surface area contributed by atoms with Gasteiger partial charge in [0.15, 0.2) is 22.2 Å². The number of nitrogens with one attached hydrogen (secondary N) is 2. The number of ketones is 1. The van der Waals surface area contributed by atoms with Crippen molar-refractivity contribution in [2.45, 2.75) is 25.2 Å². The summed E-state index contributed by atoms with van der Waals surface area (Å²) in [5.74, 6) is -2.40. The fourth-order valence-electron chi connectivity index (χ4n) is 2.52. The largest absolute Gasteiger partial charge is 0.456 e. The monoisotopic (exact) mass is 446 g/mol. The van der Waals surface area contributed by atoms with Crippen molar-refractivity contribution in [3.05, 3.63) is 54.1 Å². The Labute approximate surface area is 179 Å². The molecular weight excluding hydrogens is 424 g/mol. The van der Waals surface area contributed by atoms with Crippen molar-refractivity contribution in [2.24, 2.45) is 0 Å². The number of anilines is 2. The molecule has 0 radical (unpaired) electrons. The van der Waals surface area contributed by atoms with Crippen LogP contribution < -0.4 is 10.6 Å². The maximum atomic E-state index is 12.3. The number of hydrogen-bond donors (Lipinski definition) is 2. The number of ether oxygens (including phenoxy) is 1. The zero-order chi connectivity index (χ0) is 23.0. The zero-order valence-electron chi connectivity index (χ0n) is 17.0. The normalized spacial score (nSPS) is 10.8. The van der Waals surface area contributed by atoms with E-state index in [1.54, 1.807) is 18.2 Å². The maximum Gasteiger partial charge on any atom is 0.307 e. The predicted molar refractivity (Wildman–Crippen MR) is 113 cm³/mol. The lowest BCUT2D eigenvalue weighted by Crippen LogP contribution is -2.22. The molecule has 0 saturated carbocycles. The van der Waals surface area contributed by atoms with Gasteiger partial charge in [-0.05, 0) is 43.3 Å². The number of esters is 1. The summed E-state index contributed by atoms with van der Waals surface area (Å²) in [7, 11) is -3.75. The molecule has 0 aliphatic heterocycles. The molecule has 2 rings (SSSR count). The minimum absolute atomic E-state index is 0.00232. The van der Waals surface area contributed by atoms with Gasteiger partial charge in [-0.1, -0.05) is 12.1 Å². The van der Waals surface area contributed by atoms with Crippen molar-refractivity contribution < 1.29 is 32.3 Å². The SMILES string of the molecule is CC(=O)Nc1ccc(S(=O)(=O)CCC(=O)OCC(=O)Nc2cccc(C(C)=O)c2)cc1. The Morgan fingerprint density at radius 2 is 1.58 bits per heavy atom. The number of hydrogen-bond acceptors (Lipinski definition) is 7. The van der Waals surface area contributed by atoms with Crippen LogP contribution in [-0.4, -0.2) is 44.3 Å². The predicted octanol–water partition coefficient (Wildman–Crippen LogP) is 2.19. The Balaban J connectivity index is 1.83. The molecule has 2 amide bonds. The van der Waals surface area contributed by atoms with Gasteiger partial charge in [0.2, 0.25) is 5.91 Å². The molecule has 31 heavy (non-hydrogen) atoms. The van der Waals surface area contributed by atoms with Gasteiger partial charge in [-0.3, -0.25) is 19.2 Å². The molecule has 0 aromatic heterocycles. The van der Waals surface area contributed by atoms with Gasteiger partial charge in [0.1, 0.15) is 0 Å². The number of carbonyl (C=O) groups excluding carboxylic acids is 4. The summed E-state index contributed by atoms with van der Waals surface area (Å²) in [5, 5.41) is 5.02. The standard InChI is InChI=1S/C21H22N2O7S/c1-14(24)16-4-3-5-18(12-16)23-20(26)13-30-21(27)10-11-31(28,29)19-8-6-17(7-9-19)22-15(2)25/h3-9,12H,10-11,13H2,1-2H3,(H,22,25)(H,23,26). The Kier molecular flexibility index (Phi) is 8.03. The summed E-state index contributed by atoms with van der Waals surface area (Å²) in [6.45, 7) is 2.14. The summed E-state index contributed by atoms with van der Waals surface area (Å²) in [6, 6.07) is 11.8. The average molecular weight is 446 g/mol. The third-order valence-corrected chi connectivity index (χ3v) is 5.76. The van der Waals surface area contributed by atoms with Gasteiger partial charge in [-0.2, -0.15) is 0 Å². The maximum absolute atomic E-state index is 12.3. The Morgan fingerprint density at radius 3 is 2.19 bits per heavy atom. The number of rotatable bonds is 9. The lowest BCUT2D eigenvalue weighted by atomic mass is 10.1. The first kappa shape index (κ1) is 23.7. The fraction of sp³-hybridized carbons (Fsp3) is 0.238. The van der Waals surface area contributed by atoms with Crippen molar-refractivity contribution in [3.63, 3.8) is 0 Å². The number of carbonyl (C=O) groups is 4. The smallest absolute Gasteiger partial charge is 0.307 e. The van der Waals surface area contributed by atoms with Gasteiger partial charge < -0.3 is 15.4 Å². The van der Waals surface area contributed by atoms with Gasteiger partial charge in [0.05, 0.1) is 17.1 Å². The average Bonchev–Trinajstić information content (AvgIpc) is 2.71. The number of sulfone groups is 1. The zero-order valence-corrected chi connectivity index (χ0v) is 17.8. The topological polar surface area (TPSA) is 136 Å². The molecule has 2 aromatic rings. The van der Waals surface area contributed by atoms with Gasteiger partial charge in [0, 0.05) is 23.9 Å². The minimum atomic E-state index is -3.75. The molecule has 0 saturated heterocycles. The van der Waals surface area contributed by atoms with Crippen LogP contribution in [-0.2, 0) is 29.0 Å². The van der Waals surface area contributed by atoms with Crippen molar-refractivity contribution in [2.75, 3.05) is 23.0 Å². The summed E-state index contributed by atoms with van der Waals surface area (Å²) in [5.41, 5.74) is 1.25. The lowest BCUT2D eigenvalue weighted by Gasteiger charge is -2.08. The van der Waals surface area contributed by atoms with Gasteiger partial charge in [-0.15, -0.1) is 0 Å². The molecule has 0 atom stereocenters. The molecule has 2 N–H and O–H groups in total. The van der Waals surface area contributed by atoms with E-state index in [0.717, 1.165) is 0 Å². The van der Waals surface area contributed by atoms with Crippen LogP contribution in [0.25, 0.3) is 0 Å². The van der Waals surface area contributed by atoms with E-state index in [1.165, 1.54) is 44.2 Å². The van der Waals surface area contributed by atoms with Crippen LogP contribution in [0.5, 0.6) is 0 Å². The molecule has 2 aromatic carbocycles. The lowest BCUT2D eigenvalue weighted by molar-refractivity contribution is -0.146. The Morgan fingerprint density at radius 1 is 0.903 bits per heavy atom. The highest BCUT2D eigenvalue weighted by Gasteiger charge is 2.18. The highest BCUT2D eigenvalue weighted by atomic mass is 32.2. The Bertz CT molecular complexity index is 1090. The van der Waals surface area contributed by atoms with E-state index in [9.17, 15) is 27.6 Å². The van der Waals surface area contributed by atoms with E-state index >= 15 is 0 Å². The molecule has 0 unspecified atom stereocenters. The summed E-state index contributed by atoms with van der Waals surface area (Å²) >= 11 is 0. The second-order valence-electron chi connectivity index (χ2n) is 6.62. The van der Waals surface area contributed by atoms with Crippen molar-refractivity contribution >= 4 is 44.8 Å². The van der Waals surface area contributed by atoms with Crippen LogP contribution in [0.15, 0.2) is 53.4 Å². The van der Waals surface area contributed by atoms with Gasteiger partial charge in [0.25, 0.3) is 5.91 Å². The van der Waals surface area contributed by atoms with Crippen LogP contribution in [0.4, 0.5) is 11.4 Å². The van der Waals surface area contributed by atoms with Crippen molar-refractivity contribution in [1.29, 1.82) is 0 Å². The summed E-state index contributed by atoms with van der Waals surface area (Å²) in [6.07, 6.45) is -0.428. The number of benzene rings is 2. The highest BCUT2D eigenvalue weighted by Crippen LogP contribution is 2.16. The molecule has 0 spiro atoms. The number of amides is 2. The Hall–Kier alpha value is -3.53. The molecule has 9 nitrogen and oxygen atoms in total. The quantitative estimate of drug-likeness (QED) is 0.445. The first-order chi connectivity index (χ1) is 14.6.